The van der Waals surface area contributed by atoms with Crippen molar-refractivity contribution in [2.24, 2.45) is 5.92 Å². The summed E-state index contributed by atoms with van der Waals surface area (Å²) in [5.74, 6) is 5.76. The molecule has 5 nitrogen and oxygen atoms in total. The molecule has 5 rings (SSSR count). The SMILES string of the molecule is O=C(C1CCCCC1)N1CC(=O)N2[C@H](CO)[C@H](c3ccc(C#Cc4cccc(F)c4)cc3)[C@H]2C1. The Morgan fingerprint density at radius 1 is 1.03 bits per heavy atom. The number of nitrogens with zero attached hydrogens (tertiary/aromatic N) is 2. The van der Waals surface area contributed by atoms with Gasteiger partial charge >= 0.3 is 0 Å². The lowest BCUT2D eigenvalue weighted by Gasteiger charge is -2.59. The fraction of sp³-hybridized carbons (Fsp3) is 0.429. The Morgan fingerprint density at radius 3 is 2.47 bits per heavy atom. The van der Waals surface area contributed by atoms with E-state index in [1.165, 1.54) is 18.6 Å². The summed E-state index contributed by atoms with van der Waals surface area (Å²) in [7, 11) is 0. The molecule has 3 atom stereocenters. The van der Waals surface area contributed by atoms with Crippen molar-refractivity contribution in [3.8, 4) is 11.8 Å². The van der Waals surface area contributed by atoms with Gasteiger partial charge in [0.25, 0.3) is 0 Å². The first-order chi connectivity index (χ1) is 16.5. The summed E-state index contributed by atoms with van der Waals surface area (Å²) in [6.07, 6.45) is 5.17. The van der Waals surface area contributed by atoms with E-state index in [1.54, 1.807) is 21.9 Å². The number of carbonyl (C=O) groups is 2. The first kappa shape index (κ1) is 22.6. The van der Waals surface area contributed by atoms with Crippen molar-refractivity contribution >= 4 is 11.8 Å². The second-order valence-electron chi connectivity index (χ2n) is 9.58. The van der Waals surface area contributed by atoms with Crippen LogP contribution in [0.5, 0.6) is 0 Å². The number of halogens is 1. The molecule has 3 fully saturated rings. The predicted octanol–water partition coefficient (Wildman–Crippen LogP) is 3.30. The van der Waals surface area contributed by atoms with E-state index in [2.05, 4.69) is 11.8 Å². The molecule has 2 aromatic carbocycles. The van der Waals surface area contributed by atoms with Crippen molar-refractivity contribution in [3.05, 3.63) is 71.0 Å². The lowest BCUT2D eigenvalue weighted by Crippen LogP contribution is -2.73. The number of amides is 2. The Labute approximate surface area is 199 Å². The van der Waals surface area contributed by atoms with E-state index >= 15 is 0 Å². The third-order valence-corrected chi connectivity index (χ3v) is 7.49. The van der Waals surface area contributed by atoms with Crippen LogP contribution in [0.4, 0.5) is 4.39 Å². The van der Waals surface area contributed by atoms with Gasteiger partial charge in [-0.2, -0.15) is 0 Å². The molecule has 0 aromatic heterocycles. The Hall–Kier alpha value is -3.17. The minimum absolute atomic E-state index is 0.0267. The van der Waals surface area contributed by atoms with E-state index in [-0.39, 0.29) is 54.7 Å². The number of aliphatic hydroxyl groups is 1. The number of benzene rings is 2. The van der Waals surface area contributed by atoms with Crippen molar-refractivity contribution in [3.63, 3.8) is 0 Å². The number of hydrogen-bond acceptors (Lipinski definition) is 3. The number of rotatable bonds is 3. The highest BCUT2D eigenvalue weighted by Crippen LogP contribution is 2.43. The predicted molar refractivity (Wildman–Crippen MR) is 126 cm³/mol. The third-order valence-electron chi connectivity index (χ3n) is 7.49. The third kappa shape index (κ3) is 4.33. The standard InChI is InChI=1S/C28H29FN2O3/c29-23-8-4-5-20(15-23)10-9-19-11-13-21(14-12-19)27-24-16-30(17-26(33)31(24)25(27)18-32)28(34)22-6-2-1-3-7-22/h4-5,8,11-15,22,24-25,27,32H,1-3,6-7,16-18H2/t24-,25-,27-/m1/s1. The zero-order chi connectivity index (χ0) is 23.7. The lowest BCUT2D eigenvalue weighted by molar-refractivity contribution is -0.168. The fourth-order valence-electron chi connectivity index (χ4n) is 5.77. The number of fused-ring (bicyclic) bond motifs is 1. The summed E-state index contributed by atoms with van der Waals surface area (Å²) in [6, 6.07) is 13.6. The average Bonchev–Trinajstić information content (AvgIpc) is 2.85. The first-order valence-electron chi connectivity index (χ1n) is 12.1. The Balaban J connectivity index is 1.32. The normalized spacial score (nSPS) is 24.6. The van der Waals surface area contributed by atoms with E-state index in [1.807, 2.05) is 24.3 Å². The Bertz CT molecular complexity index is 1130. The summed E-state index contributed by atoms with van der Waals surface area (Å²) in [5, 5.41) is 10.0. The van der Waals surface area contributed by atoms with Gasteiger partial charge in [0.1, 0.15) is 5.82 Å². The van der Waals surface area contributed by atoms with Crippen LogP contribution >= 0.6 is 0 Å². The number of piperazine rings is 1. The molecular weight excluding hydrogens is 431 g/mol. The van der Waals surface area contributed by atoms with E-state index in [0.717, 1.165) is 36.8 Å². The summed E-state index contributed by atoms with van der Waals surface area (Å²) >= 11 is 0. The summed E-state index contributed by atoms with van der Waals surface area (Å²) < 4.78 is 13.4. The fourth-order valence-corrected chi connectivity index (χ4v) is 5.77. The van der Waals surface area contributed by atoms with Gasteiger partial charge < -0.3 is 14.9 Å². The molecule has 2 aromatic rings. The number of hydrogen-bond donors (Lipinski definition) is 1. The van der Waals surface area contributed by atoms with Crippen LogP contribution in [0.3, 0.4) is 0 Å². The molecule has 6 heteroatoms. The van der Waals surface area contributed by atoms with Crippen LogP contribution in [-0.2, 0) is 9.59 Å². The van der Waals surface area contributed by atoms with Crippen molar-refractivity contribution in [1.82, 2.24) is 9.80 Å². The van der Waals surface area contributed by atoms with E-state index in [9.17, 15) is 19.1 Å². The number of aliphatic hydroxyl groups excluding tert-OH is 1. The van der Waals surface area contributed by atoms with Gasteiger partial charge in [0, 0.05) is 29.5 Å². The van der Waals surface area contributed by atoms with Gasteiger partial charge in [0.05, 0.1) is 25.2 Å². The Morgan fingerprint density at radius 2 is 1.76 bits per heavy atom. The highest BCUT2D eigenvalue weighted by atomic mass is 19.1. The lowest BCUT2D eigenvalue weighted by atomic mass is 9.73. The van der Waals surface area contributed by atoms with E-state index in [0.29, 0.717) is 12.1 Å². The molecule has 176 valence electrons. The van der Waals surface area contributed by atoms with Crippen molar-refractivity contribution in [2.45, 2.75) is 50.1 Å². The van der Waals surface area contributed by atoms with Gasteiger partial charge in [0.15, 0.2) is 0 Å². The largest absolute Gasteiger partial charge is 0.394 e. The second kappa shape index (κ2) is 9.60. The molecule has 1 aliphatic carbocycles. The van der Waals surface area contributed by atoms with Crippen LogP contribution in [-0.4, -0.2) is 58.5 Å². The minimum Gasteiger partial charge on any atom is -0.394 e. The summed E-state index contributed by atoms with van der Waals surface area (Å²) in [4.78, 5) is 29.5. The molecule has 1 saturated carbocycles. The number of carbonyl (C=O) groups excluding carboxylic acids is 2. The van der Waals surface area contributed by atoms with Gasteiger partial charge in [-0.25, -0.2) is 4.39 Å². The quantitative estimate of drug-likeness (QED) is 0.715. The monoisotopic (exact) mass is 460 g/mol. The van der Waals surface area contributed by atoms with Crippen LogP contribution in [0.1, 0.15) is 54.7 Å². The van der Waals surface area contributed by atoms with Gasteiger partial charge in [-0.15, -0.1) is 0 Å². The van der Waals surface area contributed by atoms with Gasteiger partial charge in [-0.1, -0.05) is 49.3 Å². The van der Waals surface area contributed by atoms with E-state index in [4.69, 9.17) is 0 Å². The Kier molecular flexibility index (Phi) is 6.38. The summed E-state index contributed by atoms with van der Waals surface area (Å²) in [5.41, 5.74) is 2.44. The maximum atomic E-state index is 13.4. The van der Waals surface area contributed by atoms with Gasteiger partial charge in [-0.3, -0.25) is 9.59 Å². The molecule has 2 aliphatic heterocycles. The molecule has 0 spiro atoms. The topological polar surface area (TPSA) is 60.9 Å². The van der Waals surface area contributed by atoms with Crippen LogP contribution in [0.25, 0.3) is 0 Å². The smallest absolute Gasteiger partial charge is 0.242 e. The molecule has 0 bridgehead atoms. The second-order valence-corrected chi connectivity index (χ2v) is 9.58. The summed E-state index contributed by atoms with van der Waals surface area (Å²) in [6.45, 7) is 0.525. The molecule has 34 heavy (non-hydrogen) atoms. The molecule has 2 amide bonds. The maximum absolute atomic E-state index is 13.4. The van der Waals surface area contributed by atoms with Crippen molar-refractivity contribution in [2.75, 3.05) is 19.7 Å². The molecule has 3 aliphatic rings. The van der Waals surface area contributed by atoms with Crippen LogP contribution in [0.15, 0.2) is 48.5 Å². The van der Waals surface area contributed by atoms with Gasteiger partial charge in [-0.05, 0) is 48.7 Å². The highest BCUT2D eigenvalue weighted by Gasteiger charge is 2.54. The van der Waals surface area contributed by atoms with Crippen molar-refractivity contribution in [1.29, 1.82) is 0 Å². The van der Waals surface area contributed by atoms with Crippen molar-refractivity contribution < 1.29 is 19.1 Å². The molecule has 0 unspecified atom stereocenters. The van der Waals surface area contributed by atoms with E-state index < -0.39 is 0 Å². The molecular formula is C28H29FN2O3. The van der Waals surface area contributed by atoms with Crippen LogP contribution < -0.4 is 0 Å². The first-order valence-corrected chi connectivity index (χ1v) is 12.1. The van der Waals surface area contributed by atoms with Crippen LogP contribution in [0.2, 0.25) is 0 Å². The maximum Gasteiger partial charge on any atom is 0.242 e. The minimum atomic E-state index is -0.315. The molecule has 0 radical (unpaired) electrons. The average molecular weight is 461 g/mol. The zero-order valence-corrected chi connectivity index (χ0v) is 19.1. The zero-order valence-electron chi connectivity index (χ0n) is 19.1. The highest BCUT2D eigenvalue weighted by molar-refractivity contribution is 5.88. The molecule has 2 heterocycles. The van der Waals surface area contributed by atoms with Crippen LogP contribution in [0, 0.1) is 23.6 Å². The molecule has 1 N–H and O–H groups in total. The molecule has 2 saturated heterocycles. The van der Waals surface area contributed by atoms with Gasteiger partial charge in [0.2, 0.25) is 11.8 Å².